The number of hydrogen-bond acceptors (Lipinski definition) is 4. The smallest absolute Gasteiger partial charge is 0.278 e. The van der Waals surface area contributed by atoms with Crippen LogP contribution in [0.4, 0.5) is 5.69 Å². The van der Waals surface area contributed by atoms with Gasteiger partial charge in [-0.25, -0.2) is 4.98 Å². The standard InChI is InChI=1S/C19H20N4O2S/c1-12-10-14-17(20-12)18(25)22(2)19(21-14)26-11-16(24)23-9-5-7-13-6-3-4-8-15(13)23/h3-4,6,8,10,20H,5,7,9,11H2,1-2H3. The minimum atomic E-state index is -0.124. The zero-order valence-corrected chi connectivity index (χ0v) is 15.6. The van der Waals surface area contributed by atoms with E-state index in [1.54, 1.807) is 7.05 Å². The van der Waals surface area contributed by atoms with Gasteiger partial charge in [0.05, 0.1) is 11.3 Å². The lowest BCUT2D eigenvalue weighted by atomic mass is 10.0. The van der Waals surface area contributed by atoms with Crippen molar-refractivity contribution in [1.29, 1.82) is 0 Å². The van der Waals surface area contributed by atoms with Gasteiger partial charge >= 0.3 is 0 Å². The van der Waals surface area contributed by atoms with Gasteiger partial charge in [-0.1, -0.05) is 30.0 Å². The highest BCUT2D eigenvalue weighted by Gasteiger charge is 2.22. The molecule has 4 rings (SSSR count). The maximum Gasteiger partial charge on any atom is 0.278 e. The van der Waals surface area contributed by atoms with Gasteiger partial charge in [0.2, 0.25) is 5.91 Å². The normalized spacial score (nSPS) is 13.8. The number of carbonyl (C=O) groups excluding carboxylic acids is 1. The third kappa shape index (κ3) is 2.92. The first kappa shape index (κ1) is 16.9. The molecule has 6 nitrogen and oxygen atoms in total. The molecule has 0 unspecified atom stereocenters. The van der Waals surface area contributed by atoms with Crippen LogP contribution in [0.15, 0.2) is 40.3 Å². The zero-order chi connectivity index (χ0) is 18.3. The summed E-state index contributed by atoms with van der Waals surface area (Å²) in [6, 6.07) is 9.90. The highest BCUT2D eigenvalue weighted by atomic mass is 32.2. The van der Waals surface area contributed by atoms with E-state index in [1.807, 2.05) is 36.1 Å². The Kier molecular flexibility index (Phi) is 4.32. The molecule has 0 bridgehead atoms. The lowest BCUT2D eigenvalue weighted by molar-refractivity contribution is -0.116. The maximum absolute atomic E-state index is 12.8. The van der Waals surface area contributed by atoms with Gasteiger partial charge in [-0.15, -0.1) is 0 Å². The van der Waals surface area contributed by atoms with Gasteiger partial charge in [0.15, 0.2) is 5.16 Å². The molecule has 0 radical (unpaired) electrons. The average Bonchev–Trinajstić information content (AvgIpc) is 3.03. The third-order valence-electron chi connectivity index (χ3n) is 4.69. The second kappa shape index (κ2) is 6.64. The summed E-state index contributed by atoms with van der Waals surface area (Å²) in [6.07, 6.45) is 1.98. The molecule has 1 aliphatic heterocycles. The second-order valence-corrected chi connectivity index (χ2v) is 7.48. The molecule has 3 aromatic rings. The van der Waals surface area contributed by atoms with Crippen molar-refractivity contribution in [3.05, 3.63) is 51.9 Å². The number of thioether (sulfide) groups is 1. The number of fused-ring (bicyclic) bond motifs is 2. The third-order valence-corrected chi connectivity index (χ3v) is 5.70. The Hall–Kier alpha value is -2.54. The van der Waals surface area contributed by atoms with Crippen LogP contribution < -0.4 is 10.5 Å². The van der Waals surface area contributed by atoms with Crippen molar-refractivity contribution in [3.63, 3.8) is 0 Å². The van der Waals surface area contributed by atoms with Crippen molar-refractivity contribution < 1.29 is 4.79 Å². The van der Waals surface area contributed by atoms with Crippen molar-refractivity contribution in [2.45, 2.75) is 24.9 Å². The number of para-hydroxylation sites is 1. The summed E-state index contributed by atoms with van der Waals surface area (Å²) < 4.78 is 1.50. The van der Waals surface area contributed by atoms with Gasteiger partial charge in [-0.2, -0.15) is 0 Å². The summed E-state index contributed by atoms with van der Waals surface area (Å²) >= 11 is 1.31. The Morgan fingerprint density at radius 1 is 1.35 bits per heavy atom. The van der Waals surface area contributed by atoms with Gasteiger partial charge < -0.3 is 9.88 Å². The second-order valence-electron chi connectivity index (χ2n) is 6.54. The van der Waals surface area contributed by atoms with Crippen LogP contribution in [0.1, 0.15) is 17.7 Å². The largest absolute Gasteiger partial charge is 0.353 e. The van der Waals surface area contributed by atoms with Crippen LogP contribution in [0.25, 0.3) is 11.0 Å². The van der Waals surface area contributed by atoms with E-state index in [1.165, 1.54) is 21.9 Å². The van der Waals surface area contributed by atoms with Crippen LogP contribution in [-0.2, 0) is 18.3 Å². The van der Waals surface area contributed by atoms with Crippen LogP contribution >= 0.6 is 11.8 Å². The predicted molar refractivity (Wildman–Crippen MR) is 104 cm³/mol. The fraction of sp³-hybridized carbons (Fsp3) is 0.316. The van der Waals surface area contributed by atoms with Crippen molar-refractivity contribution in [3.8, 4) is 0 Å². The molecule has 1 aliphatic rings. The first-order valence-corrected chi connectivity index (χ1v) is 9.60. The molecule has 7 heteroatoms. The Bertz CT molecular complexity index is 1050. The van der Waals surface area contributed by atoms with E-state index >= 15 is 0 Å². The highest BCUT2D eigenvalue weighted by molar-refractivity contribution is 7.99. The summed E-state index contributed by atoms with van der Waals surface area (Å²) in [5, 5.41) is 0.556. The highest BCUT2D eigenvalue weighted by Crippen LogP contribution is 2.28. The number of aromatic amines is 1. The van der Waals surface area contributed by atoms with E-state index in [9.17, 15) is 9.59 Å². The summed E-state index contributed by atoms with van der Waals surface area (Å²) in [7, 11) is 1.69. The predicted octanol–water partition coefficient (Wildman–Crippen LogP) is 2.64. The summed E-state index contributed by atoms with van der Waals surface area (Å²) in [4.78, 5) is 34.7. The molecule has 1 aromatic carbocycles. The van der Waals surface area contributed by atoms with E-state index in [4.69, 9.17) is 0 Å². The first-order valence-electron chi connectivity index (χ1n) is 8.62. The van der Waals surface area contributed by atoms with Gasteiger partial charge in [0.25, 0.3) is 5.56 Å². The molecule has 26 heavy (non-hydrogen) atoms. The SMILES string of the molecule is Cc1cc2nc(SCC(=O)N3CCCc4ccccc43)n(C)c(=O)c2[nH]1. The quantitative estimate of drug-likeness (QED) is 0.570. The Balaban J connectivity index is 1.56. The van der Waals surface area contributed by atoms with Gasteiger partial charge in [-0.05, 0) is 37.5 Å². The minimum absolute atomic E-state index is 0.0433. The Labute approximate surface area is 155 Å². The number of aryl methyl sites for hydroxylation is 2. The number of nitrogens with one attached hydrogen (secondary N) is 1. The van der Waals surface area contributed by atoms with Crippen molar-refractivity contribution in [2.24, 2.45) is 7.05 Å². The van der Waals surface area contributed by atoms with E-state index in [-0.39, 0.29) is 17.2 Å². The number of carbonyl (C=O) groups is 1. The van der Waals surface area contributed by atoms with E-state index in [2.05, 4.69) is 16.0 Å². The molecule has 3 heterocycles. The van der Waals surface area contributed by atoms with Gasteiger partial charge in [0.1, 0.15) is 5.52 Å². The van der Waals surface area contributed by atoms with Crippen molar-refractivity contribution in [1.82, 2.24) is 14.5 Å². The molecule has 1 amide bonds. The molecule has 2 aromatic heterocycles. The molecule has 0 atom stereocenters. The molecule has 0 saturated carbocycles. The fourth-order valence-electron chi connectivity index (χ4n) is 3.38. The van der Waals surface area contributed by atoms with Crippen LogP contribution in [0, 0.1) is 6.92 Å². The lowest BCUT2D eigenvalue weighted by Crippen LogP contribution is -2.36. The number of nitrogens with zero attached hydrogens (tertiary/aromatic N) is 3. The lowest BCUT2D eigenvalue weighted by Gasteiger charge is -2.29. The van der Waals surface area contributed by atoms with Gasteiger partial charge in [-0.3, -0.25) is 14.2 Å². The van der Waals surface area contributed by atoms with Crippen LogP contribution in [0.3, 0.4) is 0 Å². The molecular formula is C19H20N4O2S. The van der Waals surface area contributed by atoms with Crippen molar-refractivity contribution >= 4 is 34.4 Å². The molecule has 134 valence electrons. The van der Waals surface area contributed by atoms with Crippen LogP contribution in [0.2, 0.25) is 0 Å². The fourth-order valence-corrected chi connectivity index (χ4v) is 4.23. The number of aromatic nitrogens is 3. The summed E-state index contributed by atoms with van der Waals surface area (Å²) in [5.74, 6) is 0.297. The van der Waals surface area contributed by atoms with Crippen LogP contribution in [0.5, 0.6) is 0 Å². The van der Waals surface area contributed by atoms with E-state index < -0.39 is 0 Å². The molecule has 0 fully saturated rings. The average molecular weight is 368 g/mol. The van der Waals surface area contributed by atoms with Gasteiger partial charge in [0, 0.05) is 25.0 Å². The first-order chi connectivity index (χ1) is 12.5. The maximum atomic E-state index is 12.8. The monoisotopic (exact) mass is 368 g/mol. The van der Waals surface area contributed by atoms with Crippen LogP contribution in [-0.4, -0.2) is 32.7 Å². The molecule has 0 spiro atoms. The number of rotatable bonds is 3. The topological polar surface area (TPSA) is 71.0 Å². The molecule has 0 saturated heterocycles. The minimum Gasteiger partial charge on any atom is -0.353 e. The van der Waals surface area contributed by atoms with E-state index in [0.29, 0.717) is 16.2 Å². The number of benzene rings is 1. The summed E-state index contributed by atoms with van der Waals surface area (Å²) in [6.45, 7) is 2.63. The number of anilines is 1. The summed E-state index contributed by atoms with van der Waals surface area (Å²) in [5.41, 5.74) is 4.14. The number of H-pyrrole nitrogens is 1. The van der Waals surface area contributed by atoms with E-state index in [0.717, 1.165) is 30.8 Å². The van der Waals surface area contributed by atoms with Crippen molar-refractivity contribution in [2.75, 3.05) is 17.2 Å². The zero-order valence-electron chi connectivity index (χ0n) is 14.8. The molecule has 1 N–H and O–H groups in total. The Morgan fingerprint density at radius 3 is 3.00 bits per heavy atom. The molecular weight excluding hydrogens is 348 g/mol. The number of hydrogen-bond donors (Lipinski definition) is 1. The number of amides is 1. The Morgan fingerprint density at radius 2 is 2.15 bits per heavy atom. The molecule has 0 aliphatic carbocycles.